The van der Waals surface area contributed by atoms with Crippen LogP contribution in [0.5, 0.6) is 0 Å². The van der Waals surface area contributed by atoms with Crippen molar-refractivity contribution in [2.24, 2.45) is 0 Å². The molecule has 0 spiro atoms. The van der Waals surface area contributed by atoms with Crippen molar-refractivity contribution >= 4 is 60.5 Å². The predicted molar refractivity (Wildman–Crippen MR) is 296 cm³/mol. The molecule has 70 heavy (non-hydrogen) atoms. The highest BCUT2D eigenvalue weighted by atomic mass is 16.3. The van der Waals surface area contributed by atoms with E-state index in [0.29, 0.717) is 0 Å². The highest BCUT2D eigenvalue weighted by Gasteiger charge is 2.21. The molecular formula is C68H45NO. The van der Waals surface area contributed by atoms with E-state index in [2.05, 4.69) is 272 Å². The van der Waals surface area contributed by atoms with Crippen LogP contribution in [0.15, 0.2) is 277 Å². The van der Waals surface area contributed by atoms with E-state index in [4.69, 9.17) is 4.42 Å². The van der Waals surface area contributed by atoms with Gasteiger partial charge in [0, 0.05) is 33.4 Å². The molecule has 1 heterocycles. The van der Waals surface area contributed by atoms with Crippen molar-refractivity contribution in [1.82, 2.24) is 0 Å². The van der Waals surface area contributed by atoms with E-state index >= 15 is 0 Å². The van der Waals surface area contributed by atoms with E-state index in [0.717, 1.165) is 83.5 Å². The molecule has 328 valence electrons. The molecule has 0 saturated heterocycles. The maximum atomic E-state index is 6.59. The molecule has 0 amide bonds. The summed E-state index contributed by atoms with van der Waals surface area (Å²) in [5.41, 5.74) is 18.9. The summed E-state index contributed by atoms with van der Waals surface area (Å²) in [5, 5.41) is 7.21. The molecule has 0 radical (unpaired) electrons. The van der Waals surface area contributed by atoms with E-state index in [1.165, 1.54) is 43.8 Å². The summed E-state index contributed by atoms with van der Waals surface area (Å²) in [6.45, 7) is 0. The van der Waals surface area contributed by atoms with Crippen LogP contribution >= 0.6 is 0 Å². The SMILES string of the molecule is c1ccc(-c2cc(-c3ccccc3)cc(N(c3ccc(-c4ccc5c(c4)c(-c4ccccc4)c(-c4ccccc4)c4ccccc45)cc3)c3cccc(-c4cccc5c4oc4ccccc45)c3)c2)cc1. The number of benzene rings is 12. The number of fused-ring (bicyclic) bond motifs is 6. The first-order valence-electron chi connectivity index (χ1n) is 24.0. The molecule has 2 heteroatoms. The lowest BCUT2D eigenvalue weighted by molar-refractivity contribution is 0.670. The van der Waals surface area contributed by atoms with Crippen LogP contribution in [0, 0.1) is 0 Å². The summed E-state index contributed by atoms with van der Waals surface area (Å²) in [6, 6.07) is 98.7. The van der Waals surface area contributed by atoms with Crippen LogP contribution < -0.4 is 4.90 Å². The first kappa shape index (κ1) is 41.0. The number of rotatable bonds is 9. The van der Waals surface area contributed by atoms with Gasteiger partial charge in [0.1, 0.15) is 11.2 Å². The van der Waals surface area contributed by atoms with Crippen LogP contribution in [0.2, 0.25) is 0 Å². The summed E-state index contributed by atoms with van der Waals surface area (Å²) < 4.78 is 6.59. The molecule has 0 aliphatic heterocycles. The third kappa shape index (κ3) is 7.31. The van der Waals surface area contributed by atoms with Crippen molar-refractivity contribution in [3.8, 4) is 66.8 Å². The molecule has 2 nitrogen and oxygen atoms in total. The predicted octanol–water partition coefficient (Wildman–Crippen LogP) is 19.4. The van der Waals surface area contributed by atoms with Gasteiger partial charge in [0.05, 0.1) is 0 Å². The first-order valence-corrected chi connectivity index (χ1v) is 24.0. The Morgan fingerprint density at radius 2 is 0.700 bits per heavy atom. The van der Waals surface area contributed by atoms with Crippen molar-refractivity contribution in [2.75, 3.05) is 4.90 Å². The Labute approximate surface area is 407 Å². The van der Waals surface area contributed by atoms with Gasteiger partial charge in [-0.3, -0.25) is 0 Å². The van der Waals surface area contributed by atoms with Crippen LogP contribution in [0.1, 0.15) is 0 Å². The second-order valence-electron chi connectivity index (χ2n) is 18.0. The van der Waals surface area contributed by atoms with Gasteiger partial charge in [0.25, 0.3) is 0 Å². The number of hydrogen-bond acceptors (Lipinski definition) is 2. The van der Waals surface area contributed by atoms with Gasteiger partial charge in [0.2, 0.25) is 0 Å². The Hall–Kier alpha value is -9.24. The average molecular weight is 892 g/mol. The fraction of sp³-hybridized carbons (Fsp3) is 0. The molecule has 0 fully saturated rings. The van der Waals surface area contributed by atoms with Crippen molar-refractivity contribution in [2.45, 2.75) is 0 Å². The van der Waals surface area contributed by atoms with E-state index in [1.807, 2.05) is 6.07 Å². The molecule has 1 aromatic heterocycles. The molecule has 0 atom stereocenters. The number of furan rings is 1. The number of para-hydroxylation sites is 2. The Balaban J connectivity index is 0.992. The van der Waals surface area contributed by atoms with Crippen molar-refractivity contribution in [3.63, 3.8) is 0 Å². The lowest BCUT2D eigenvalue weighted by Gasteiger charge is -2.27. The summed E-state index contributed by atoms with van der Waals surface area (Å²) in [6.07, 6.45) is 0. The minimum atomic E-state index is 0.890. The number of nitrogens with zero attached hydrogens (tertiary/aromatic N) is 1. The molecule has 0 bridgehead atoms. The quantitative estimate of drug-likeness (QED) is 0.134. The maximum Gasteiger partial charge on any atom is 0.143 e. The fourth-order valence-electron chi connectivity index (χ4n) is 10.6. The van der Waals surface area contributed by atoms with Gasteiger partial charge in [-0.05, 0) is 137 Å². The smallest absolute Gasteiger partial charge is 0.143 e. The minimum Gasteiger partial charge on any atom is -0.455 e. The molecule has 0 saturated carbocycles. The van der Waals surface area contributed by atoms with Gasteiger partial charge in [-0.1, -0.05) is 218 Å². The lowest BCUT2D eigenvalue weighted by Crippen LogP contribution is -2.10. The van der Waals surface area contributed by atoms with E-state index in [1.54, 1.807) is 0 Å². The van der Waals surface area contributed by atoms with Crippen LogP contribution in [-0.4, -0.2) is 0 Å². The molecule has 12 aromatic carbocycles. The first-order chi connectivity index (χ1) is 34.7. The normalized spacial score (nSPS) is 11.4. The van der Waals surface area contributed by atoms with Gasteiger partial charge in [-0.25, -0.2) is 0 Å². The van der Waals surface area contributed by atoms with Crippen molar-refractivity contribution in [1.29, 1.82) is 0 Å². The summed E-state index contributed by atoms with van der Waals surface area (Å²) >= 11 is 0. The third-order valence-corrected chi connectivity index (χ3v) is 13.8. The third-order valence-electron chi connectivity index (χ3n) is 13.8. The zero-order valence-corrected chi connectivity index (χ0v) is 38.3. The number of hydrogen-bond donors (Lipinski definition) is 0. The minimum absolute atomic E-state index is 0.890. The fourth-order valence-corrected chi connectivity index (χ4v) is 10.6. The largest absolute Gasteiger partial charge is 0.455 e. The molecular weight excluding hydrogens is 847 g/mol. The second kappa shape index (κ2) is 17.4. The summed E-state index contributed by atoms with van der Waals surface area (Å²) in [4.78, 5) is 2.40. The van der Waals surface area contributed by atoms with E-state index in [-0.39, 0.29) is 0 Å². The molecule has 13 aromatic rings. The Morgan fingerprint density at radius 1 is 0.229 bits per heavy atom. The van der Waals surface area contributed by atoms with Crippen molar-refractivity contribution < 1.29 is 4.42 Å². The van der Waals surface area contributed by atoms with Gasteiger partial charge < -0.3 is 9.32 Å². The van der Waals surface area contributed by atoms with E-state index < -0.39 is 0 Å². The standard InChI is InChI=1S/C68H45NO/c1-5-19-46(20-6-1)53-41-54(47-21-7-2-8-22-47)44-57(43-53)69(56-28-17-27-52(42-56)58-32-18-33-63-61-30-15-16-34-65(61)70-68(58)63)55-38-35-48(36-39-55)51-37-40-60-59-29-13-14-31-62(59)66(49-23-9-3-10-24-49)67(64(60)45-51)50-25-11-4-12-26-50/h1-45H. The van der Waals surface area contributed by atoms with Crippen LogP contribution in [-0.2, 0) is 0 Å². The van der Waals surface area contributed by atoms with Gasteiger partial charge in [-0.2, -0.15) is 0 Å². The Bertz CT molecular complexity index is 3970. The zero-order chi connectivity index (χ0) is 46.4. The van der Waals surface area contributed by atoms with E-state index in [9.17, 15) is 0 Å². The highest BCUT2D eigenvalue weighted by Crippen LogP contribution is 2.47. The van der Waals surface area contributed by atoms with Crippen LogP contribution in [0.25, 0.3) is 110 Å². The van der Waals surface area contributed by atoms with Crippen LogP contribution in [0.3, 0.4) is 0 Å². The topological polar surface area (TPSA) is 16.4 Å². The van der Waals surface area contributed by atoms with Gasteiger partial charge >= 0.3 is 0 Å². The molecule has 0 aliphatic carbocycles. The maximum absolute atomic E-state index is 6.59. The lowest BCUT2D eigenvalue weighted by atomic mass is 9.84. The summed E-state index contributed by atoms with van der Waals surface area (Å²) in [7, 11) is 0. The molecule has 0 aliphatic rings. The summed E-state index contributed by atoms with van der Waals surface area (Å²) in [5.74, 6) is 0. The van der Waals surface area contributed by atoms with Crippen LogP contribution in [0.4, 0.5) is 17.1 Å². The van der Waals surface area contributed by atoms with Gasteiger partial charge in [-0.15, -0.1) is 0 Å². The Morgan fingerprint density at radius 3 is 1.36 bits per heavy atom. The van der Waals surface area contributed by atoms with Crippen molar-refractivity contribution in [3.05, 3.63) is 273 Å². The Kier molecular flexibility index (Phi) is 10.2. The number of anilines is 3. The molecule has 0 N–H and O–H groups in total. The molecule has 0 unspecified atom stereocenters. The van der Waals surface area contributed by atoms with Gasteiger partial charge in [0.15, 0.2) is 0 Å². The zero-order valence-electron chi connectivity index (χ0n) is 38.3. The molecule has 13 rings (SSSR count). The highest BCUT2D eigenvalue weighted by molar-refractivity contribution is 6.22. The monoisotopic (exact) mass is 891 g/mol. The average Bonchev–Trinajstić information content (AvgIpc) is 3.83. The second-order valence-corrected chi connectivity index (χ2v) is 18.0.